The SMILES string of the molecule is Cc1cc([N+](=O)[O-])cnc1NC(CN)C1CCCC1. The fourth-order valence-electron chi connectivity index (χ4n) is 2.72. The molecule has 2 rings (SSSR count). The molecule has 0 amide bonds. The van der Waals surface area contributed by atoms with E-state index in [-0.39, 0.29) is 11.7 Å². The lowest BCUT2D eigenvalue weighted by atomic mass is 9.98. The van der Waals surface area contributed by atoms with Gasteiger partial charge >= 0.3 is 0 Å². The van der Waals surface area contributed by atoms with Crippen LogP contribution in [0.15, 0.2) is 12.3 Å². The number of hydrogen-bond donors (Lipinski definition) is 2. The Balaban J connectivity index is 2.10. The number of nitrogens with zero attached hydrogens (tertiary/aromatic N) is 2. The summed E-state index contributed by atoms with van der Waals surface area (Å²) in [5, 5.41) is 14.0. The summed E-state index contributed by atoms with van der Waals surface area (Å²) in [6.45, 7) is 2.38. The van der Waals surface area contributed by atoms with Crippen molar-refractivity contribution in [3.63, 3.8) is 0 Å². The Morgan fingerprint density at radius 2 is 2.26 bits per heavy atom. The van der Waals surface area contributed by atoms with Crippen molar-refractivity contribution in [2.45, 2.75) is 38.6 Å². The molecule has 1 aliphatic rings. The van der Waals surface area contributed by atoms with Crippen LogP contribution in [0.25, 0.3) is 0 Å². The highest BCUT2D eigenvalue weighted by Gasteiger charge is 2.24. The first-order valence-corrected chi connectivity index (χ1v) is 6.69. The van der Waals surface area contributed by atoms with Crippen LogP contribution in [0.5, 0.6) is 0 Å². The van der Waals surface area contributed by atoms with E-state index in [2.05, 4.69) is 10.3 Å². The molecule has 0 spiro atoms. The molecule has 1 aliphatic carbocycles. The van der Waals surface area contributed by atoms with Gasteiger partial charge in [-0.05, 0) is 31.2 Å². The largest absolute Gasteiger partial charge is 0.366 e. The van der Waals surface area contributed by atoms with Crippen LogP contribution in [0.2, 0.25) is 0 Å². The standard InChI is InChI=1S/C13H20N4O2/c1-9-6-11(17(18)19)8-15-13(9)16-12(7-14)10-4-2-3-5-10/h6,8,10,12H,2-5,7,14H2,1H3,(H,15,16). The van der Waals surface area contributed by atoms with E-state index in [1.165, 1.54) is 37.9 Å². The van der Waals surface area contributed by atoms with E-state index in [1.54, 1.807) is 0 Å². The molecule has 6 heteroatoms. The van der Waals surface area contributed by atoms with Crippen LogP contribution >= 0.6 is 0 Å². The highest BCUT2D eigenvalue weighted by molar-refractivity contribution is 5.49. The van der Waals surface area contributed by atoms with E-state index in [9.17, 15) is 10.1 Å². The highest BCUT2D eigenvalue weighted by atomic mass is 16.6. The zero-order valence-corrected chi connectivity index (χ0v) is 11.1. The minimum Gasteiger partial charge on any atom is -0.366 e. The molecule has 1 aromatic heterocycles. The van der Waals surface area contributed by atoms with Gasteiger partial charge in [0.2, 0.25) is 0 Å². The number of anilines is 1. The van der Waals surface area contributed by atoms with Crippen molar-refractivity contribution in [3.8, 4) is 0 Å². The topological polar surface area (TPSA) is 94.1 Å². The Bertz CT molecular complexity index is 458. The summed E-state index contributed by atoms with van der Waals surface area (Å²) < 4.78 is 0. The first kappa shape index (κ1) is 13.7. The lowest BCUT2D eigenvalue weighted by Crippen LogP contribution is -2.35. The second kappa shape index (κ2) is 5.97. The molecule has 0 aliphatic heterocycles. The molecule has 1 fully saturated rings. The molecule has 1 saturated carbocycles. The molecule has 6 nitrogen and oxygen atoms in total. The maximum atomic E-state index is 10.7. The third-order valence-electron chi connectivity index (χ3n) is 3.82. The Labute approximate surface area is 112 Å². The molecule has 0 radical (unpaired) electrons. The van der Waals surface area contributed by atoms with Gasteiger partial charge in [0.25, 0.3) is 5.69 Å². The van der Waals surface area contributed by atoms with Crippen LogP contribution in [0.4, 0.5) is 11.5 Å². The van der Waals surface area contributed by atoms with Crippen LogP contribution in [-0.2, 0) is 0 Å². The van der Waals surface area contributed by atoms with Crippen LogP contribution in [0, 0.1) is 23.0 Å². The number of aromatic nitrogens is 1. The first-order chi connectivity index (χ1) is 9.11. The van der Waals surface area contributed by atoms with Gasteiger partial charge in [-0.3, -0.25) is 10.1 Å². The summed E-state index contributed by atoms with van der Waals surface area (Å²) in [5.41, 5.74) is 6.63. The average molecular weight is 264 g/mol. The molecule has 104 valence electrons. The minimum atomic E-state index is -0.429. The van der Waals surface area contributed by atoms with E-state index in [0.717, 1.165) is 5.56 Å². The van der Waals surface area contributed by atoms with E-state index in [4.69, 9.17) is 5.73 Å². The second-order valence-corrected chi connectivity index (χ2v) is 5.15. The second-order valence-electron chi connectivity index (χ2n) is 5.15. The van der Waals surface area contributed by atoms with Crippen molar-refractivity contribution in [2.75, 3.05) is 11.9 Å². The van der Waals surface area contributed by atoms with Gasteiger partial charge in [0, 0.05) is 18.7 Å². The molecular weight excluding hydrogens is 244 g/mol. The van der Waals surface area contributed by atoms with E-state index in [0.29, 0.717) is 18.3 Å². The summed E-state index contributed by atoms with van der Waals surface area (Å²) in [7, 11) is 0. The quantitative estimate of drug-likeness (QED) is 0.628. The monoisotopic (exact) mass is 264 g/mol. The number of aryl methyl sites for hydroxylation is 1. The molecule has 1 heterocycles. The van der Waals surface area contributed by atoms with Gasteiger partial charge in [0.15, 0.2) is 0 Å². The third-order valence-corrected chi connectivity index (χ3v) is 3.82. The van der Waals surface area contributed by atoms with Gasteiger partial charge < -0.3 is 11.1 Å². The molecule has 1 aromatic rings. The number of hydrogen-bond acceptors (Lipinski definition) is 5. The molecule has 0 bridgehead atoms. The van der Waals surface area contributed by atoms with E-state index in [1.807, 2.05) is 6.92 Å². The normalized spacial score (nSPS) is 17.4. The van der Waals surface area contributed by atoms with Gasteiger partial charge in [0.05, 0.1) is 4.92 Å². The molecule has 3 N–H and O–H groups in total. The summed E-state index contributed by atoms with van der Waals surface area (Å²) in [4.78, 5) is 14.4. The van der Waals surface area contributed by atoms with Gasteiger partial charge in [-0.25, -0.2) is 4.98 Å². The van der Waals surface area contributed by atoms with Crippen LogP contribution in [0.1, 0.15) is 31.2 Å². The zero-order valence-electron chi connectivity index (χ0n) is 11.1. The van der Waals surface area contributed by atoms with Crippen molar-refractivity contribution >= 4 is 11.5 Å². The van der Waals surface area contributed by atoms with Crippen molar-refractivity contribution < 1.29 is 4.92 Å². The molecule has 1 atom stereocenters. The fraction of sp³-hybridized carbons (Fsp3) is 0.615. The van der Waals surface area contributed by atoms with Crippen LogP contribution in [-0.4, -0.2) is 22.5 Å². The van der Waals surface area contributed by atoms with Crippen molar-refractivity contribution in [3.05, 3.63) is 27.9 Å². The molecular formula is C13H20N4O2. The van der Waals surface area contributed by atoms with Crippen molar-refractivity contribution in [1.82, 2.24) is 4.98 Å². The number of nitrogens with two attached hydrogens (primary N) is 1. The Hall–Kier alpha value is -1.69. The maximum absolute atomic E-state index is 10.7. The van der Waals surface area contributed by atoms with Crippen molar-refractivity contribution in [2.24, 2.45) is 11.7 Å². The molecule has 0 aromatic carbocycles. The number of pyridine rings is 1. The summed E-state index contributed by atoms with van der Waals surface area (Å²) in [6.07, 6.45) is 6.20. The third kappa shape index (κ3) is 3.20. The van der Waals surface area contributed by atoms with Crippen molar-refractivity contribution in [1.29, 1.82) is 0 Å². The van der Waals surface area contributed by atoms with Gasteiger partial charge in [-0.2, -0.15) is 0 Å². The minimum absolute atomic E-state index is 0.0215. The Kier molecular flexibility index (Phi) is 4.31. The lowest BCUT2D eigenvalue weighted by molar-refractivity contribution is -0.385. The highest BCUT2D eigenvalue weighted by Crippen LogP contribution is 2.29. The number of nitro groups is 1. The molecule has 19 heavy (non-hydrogen) atoms. The average Bonchev–Trinajstić information content (AvgIpc) is 2.91. The number of nitrogens with one attached hydrogen (secondary N) is 1. The molecule has 0 saturated heterocycles. The predicted molar refractivity (Wildman–Crippen MR) is 74.1 cm³/mol. The van der Waals surface area contributed by atoms with Crippen LogP contribution < -0.4 is 11.1 Å². The van der Waals surface area contributed by atoms with Gasteiger partial charge in [-0.1, -0.05) is 12.8 Å². The fourth-order valence-corrected chi connectivity index (χ4v) is 2.72. The summed E-state index contributed by atoms with van der Waals surface area (Å²) in [5.74, 6) is 1.29. The summed E-state index contributed by atoms with van der Waals surface area (Å²) >= 11 is 0. The Morgan fingerprint density at radius 1 is 1.58 bits per heavy atom. The van der Waals surface area contributed by atoms with Crippen LogP contribution in [0.3, 0.4) is 0 Å². The first-order valence-electron chi connectivity index (χ1n) is 6.69. The zero-order chi connectivity index (χ0) is 13.8. The Morgan fingerprint density at radius 3 is 2.79 bits per heavy atom. The predicted octanol–water partition coefficient (Wildman–Crippen LogP) is 2.23. The molecule has 1 unspecified atom stereocenters. The summed E-state index contributed by atoms with van der Waals surface area (Å²) in [6, 6.07) is 1.74. The van der Waals surface area contributed by atoms with Gasteiger partial charge in [-0.15, -0.1) is 0 Å². The maximum Gasteiger partial charge on any atom is 0.287 e. The van der Waals surface area contributed by atoms with Gasteiger partial charge in [0.1, 0.15) is 12.0 Å². The lowest BCUT2D eigenvalue weighted by Gasteiger charge is -2.24. The smallest absolute Gasteiger partial charge is 0.287 e. The van der Waals surface area contributed by atoms with E-state index < -0.39 is 4.92 Å². The number of rotatable bonds is 5. The van der Waals surface area contributed by atoms with E-state index >= 15 is 0 Å².